The van der Waals surface area contributed by atoms with Gasteiger partial charge >= 0.3 is 0 Å². The number of benzene rings is 2. The smallest absolute Gasteiger partial charge is 0.258 e. The Morgan fingerprint density at radius 2 is 2.04 bits per heavy atom. The van der Waals surface area contributed by atoms with Crippen molar-refractivity contribution >= 4 is 33.9 Å². The molecule has 24 heavy (non-hydrogen) atoms. The van der Waals surface area contributed by atoms with E-state index >= 15 is 0 Å². The first-order valence-corrected chi connectivity index (χ1v) is 7.48. The molecule has 7 nitrogen and oxygen atoms in total. The van der Waals surface area contributed by atoms with Gasteiger partial charge in [-0.2, -0.15) is 0 Å². The van der Waals surface area contributed by atoms with Crippen LogP contribution in [-0.2, 0) is 13.7 Å². The Bertz CT molecular complexity index is 1030. The summed E-state index contributed by atoms with van der Waals surface area (Å²) in [5.41, 5.74) is 3.66. The van der Waals surface area contributed by atoms with Gasteiger partial charge in [-0.15, -0.1) is 0 Å². The lowest BCUT2D eigenvalue weighted by atomic mass is 10.2. The first kappa shape index (κ1) is 14.4. The van der Waals surface area contributed by atoms with Gasteiger partial charge in [-0.3, -0.25) is 10.1 Å². The van der Waals surface area contributed by atoms with Crippen molar-refractivity contribution in [3.05, 3.63) is 53.9 Å². The molecule has 7 heteroatoms. The van der Waals surface area contributed by atoms with Gasteiger partial charge in [-0.1, -0.05) is 12.1 Å². The van der Waals surface area contributed by atoms with Gasteiger partial charge in [-0.05, 0) is 30.3 Å². The number of hydrogen-bond acceptors (Lipinski definition) is 4. The molecule has 0 fully saturated rings. The monoisotopic (exact) mass is 321 g/mol. The predicted octanol–water partition coefficient (Wildman–Crippen LogP) is 2.19. The number of para-hydroxylation sites is 2. The van der Waals surface area contributed by atoms with Crippen molar-refractivity contribution in [1.82, 2.24) is 19.5 Å². The number of aryl methyl sites for hydroxylation is 1. The highest BCUT2D eigenvalue weighted by molar-refractivity contribution is 6.05. The predicted molar refractivity (Wildman–Crippen MR) is 90.7 cm³/mol. The summed E-state index contributed by atoms with van der Waals surface area (Å²) in [5.74, 6) is 0.686. The molecule has 0 aliphatic heterocycles. The molecule has 0 spiro atoms. The SMILES string of the molecule is Cn1c(CO)nc2cc(C(=O)Nc3nc4ccccc4[nH]3)ccc21. The van der Waals surface area contributed by atoms with Crippen molar-refractivity contribution in [2.45, 2.75) is 6.61 Å². The standard InChI is InChI=1S/C17H15N5O2/c1-22-14-7-6-10(8-13(14)18-15(22)9-23)16(24)21-17-19-11-4-2-3-5-12(11)20-17/h2-8,23H,9H2,1H3,(H2,19,20,21,24). The number of carbonyl (C=O) groups excluding carboxylic acids is 1. The minimum Gasteiger partial charge on any atom is -0.388 e. The second-order valence-electron chi connectivity index (χ2n) is 5.51. The van der Waals surface area contributed by atoms with E-state index in [0.717, 1.165) is 16.6 Å². The van der Waals surface area contributed by atoms with E-state index in [0.29, 0.717) is 22.9 Å². The third kappa shape index (κ3) is 2.31. The van der Waals surface area contributed by atoms with Gasteiger partial charge < -0.3 is 14.7 Å². The number of rotatable bonds is 3. The van der Waals surface area contributed by atoms with Crippen LogP contribution in [0.1, 0.15) is 16.2 Å². The van der Waals surface area contributed by atoms with Crippen LogP contribution in [0.25, 0.3) is 22.1 Å². The van der Waals surface area contributed by atoms with Crippen LogP contribution < -0.4 is 5.32 Å². The minimum atomic E-state index is -0.271. The number of fused-ring (bicyclic) bond motifs is 2. The second kappa shape index (κ2) is 5.47. The molecule has 0 aliphatic carbocycles. The number of aliphatic hydroxyl groups excluding tert-OH is 1. The van der Waals surface area contributed by atoms with E-state index in [4.69, 9.17) is 0 Å². The number of aromatic amines is 1. The molecule has 0 radical (unpaired) electrons. The van der Waals surface area contributed by atoms with Crippen molar-refractivity contribution in [2.75, 3.05) is 5.32 Å². The summed E-state index contributed by atoms with van der Waals surface area (Å²) in [4.78, 5) is 24.2. The lowest BCUT2D eigenvalue weighted by Gasteiger charge is -2.02. The summed E-state index contributed by atoms with van der Waals surface area (Å²) in [6, 6.07) is 12.8. The summed E-state index contributed by atoms with van der Waals surface area (Å²) in [5, 5.41) is 12.0. The number of anilines is 1. The molecule has 0 aliphatic rings. The first-order chi connectivity index (χ1) is 11.7. The van der Waals surface area contributed by atoms with Gasteiger partial charge in [0.25, 0.3) is 5.91 Å². The number of imidazole rings is 2. The molecule has 0 saturated heterocycles. The number of carbonyl (C=O) groups is 1. The summed E-state index contributed by atoms with van der Waals surface area (Å²) >= 11 is 0. The largest absolute Gasteiger partial charge is 0.388 e. The minimum absolute atomic E-state index is 0.147. The fourth-order valence-corrected chi connectivity index (χ4v) is 2.72. The molecule has 0 unspecified atom stereocenters. The van der Waals surface area contributed by atoms with E-state index < -0.39 is 0 Å². The van der Waals surface area contributed by atoms with Crippen molar-refractivity contribution in [3.8, 4) is 0 Å². The van der Waals surface area contributed by atoms with Crippen LogP contribution in [0.15, 0.2) is 42.5 Å². The maximum atomic E-state index is 12.4. The van der Waals surface area contributed by atoms with Crippen molar-refractivity contribution in [3.63, 3.8) is 0 Å². The van der Waals surface area contributed by atoms with E-state index in [1.807, 2.05) is 37.4 Å². The maximum absolute atomic E-state index is 12.4. The second-order valence-corrected chi connectivity index (χ2v) is 5.51. The Morgan fingerprint density at radius 1 is 1.21 bits per heavy atom. The molecule has 2 aromatic heterocycles. The zero-order chi connectivity index (χ0) is 16.7. The van der Waals surface area contributed by atoms with Crippen LogP contribution in [0.4, 0.5) is 5.95 Å². The number of aliphatic hydroxyl groups is 1. The van der Waals surface area contributed by atoms with Gasteiger partial charge in [0, 0.05) is 12.6 Å². The van der Waals surface area contributed by atoms with E-state index in [1.165, 1.54) is 0 Å². The molecule has 4 rings (SSSR count). The highest BCUT2D eigenvalue weighted by Gasteiger charge is 2.13. The summed E-state index contributed by atoms with van der Waals surface area (Å²) < 4.78 is 1.80. The number of aromatic nitrogens is 4. The Balaban J connectivity index is 1.65. The Hall–Kier alpha value is -3.19. The molecule has 2 aromatic carbocycles. The van der Waals surface area contributed by atoms with Crippen molar-refractivity contribution < 1.29 is 9.90 Å². The quantitative estimate of drug-likeness (QED) is 0.539. The fourth-order valence-electron chi connectivity index (χ4n) is 2.72. The lowest BCUT2D eigenvalue weighted by molar-refractivity contribution is 0.102. The van der Waals surface area contributed by atoms with Gasteiger partial charge in [0.15, 0.2) is 0 Å². The van der Waals surface area contributed by atoms with Crippen LogP contribution in [-0.4, -0.2) is 30.5 Å². The van der Waals surface area contributed by atoms with Gasteiger partial charge in [0.2, 0.25) is 5.95 Å². The molecule has 0 bridgehead atoms. The van der Waals surface area contributed by atoms with Crippen LogP contribution in [0.5, 0.6) is 0 Å². The zero-order valence-electron chi connectivity index (χ0n) is 12.9. The number of hydrogen-bond donors (Lipinski definition) is 3. The summed E-state index contributed by atoms with van der Waals surface area (Å²) in [6.07, 6.45) is 0. The van der Waals surface area contributed by atoms with Gasteiger partial charge in [0.1, 0.15) is 12.4 Å². The van der Waals surface area contributed by atoms with E-state index in [2.05, 4.69) is 20.3 Å². The average Bonchev–Trinajstić information content (AvgIpc) is 3.14. The molecule has 4 aromatic rings. The molecule has 1 amide bonds. The molecule has 0 atom stereocenters. The van der Waals surface area contributed by atoms with Crippen LogP contribution in [0.3, 0.4) is 0 Å². The normalized spacial score (nSPS) is 11.2. The molecule has 3 N–H and O–H groups in total. The van der Waals surface area contributed by atoms with E-state index in [-0.39, 0.29) is 12.5 Å². The number of nitrogens with zero attached hydrogens (tertiary/aromatic N) is 3. The number of amides is 1. The van der Waals surface area contributed by atoms with E-state index in [1.54, 1.807) is 16.7 Å². The number of nitrogens with one attached hydrogen (secondary N) is 2. The zero-order valence-corrected chi connectivity index (χ0v) is 12.9. The fraction of sp³-hybridized carbons (Fsp3) is 0.118. The van der Waals surface area contributed by atoms with E-state index in [9.17, 15) is 9.90 Å². The molecule has 2 heterocycles. The highest BCUT2D eigenvalue weighted by Crippen LogP contribution is 2.18. The summed E-state index contributed by atoms with van der Waals surface area (Å²) in [7, 11) is 1.83. The first-order valence-electron chi connectivity index (χ1n) is 7.48. The van der Waals surface area contributed by atoms with Gasteiger partial charge in [-0.25, -0.2) is 9.97 Å². The van der Waals surface area contributed by atoms with Crippen LogP contribution >= 0.6 is 0 Å². The van der Waals surface area contributed by atoms with Crippen LogP contribution in [0.2, 0.25) is 0 Å². The molecule has 120 valence electrons. The third-order valence-electron chi connectivity index (χ3n) is 4.00. The van der Waals surface area contributed by atoms with Crippen LogP contribution in [0, 0.1) is 0 Å². The van der Waals surface area contributed by atoms with Crippen molar-refractivity contribution in [2.24, 2.45) is 7.05 Å². The molecule has 0 saturated carbocycles. The topological polar surface area (TPSA) is 95.8 Å². The molecular weight excluding hydrogens is 306 g/mol. The van der Waals surface area contributed by atoms with Gasteiger partial charge in [0.05, 0.1) is 22.1 Å². The lowest BCUT2D eigenvalue weighted by Crippen LogP contribution is -2.12. The number of H-pyrrole nitrogens is 1. The van der Waals surface area contributed by atoms with Crippen molar-refractivity contribution in [1.29, 1.82) is 0 Å². The summed E-state index contributed by atoms with van der Waals surface area (Å²) in [6.45, 7) is -0.147. The maximum Gasteiger partial charge on any atom is 0.258 e. The third-order valence-corrected chi connectivity index (χ3v) is 4.00. The highest BCUT2D eigenvalue weighted by atomic mass is 16.3. The Morgan fingerprint density at radius 3 is 2.83 bits per heavy atom. The molecular formula is C17H15N5O2. The average molecular weight is 321 g/mol. The Labute approximate surface area is 137 Å². The Kier molecular flexibility index (Phi) is 3.28.